The van der Waals surface area contributed by atoms with Crippen LogP contribution in [-0.2, 0) is 6.61 Å². The van der Waals surface area contributed by atoms with Crippen LogP contribution in [0.1, 0.15) is 15.9 Å². The van der Waals surface area contributed by atoms with Gasteiger partial charge in [0, 0.05) is 29.4 Å². The molecule has 0 aliphatic rings. The van der Waals surface area contributed by atoms with Crippen LogP contribution in [0.2, 0.25) is 0 Å². The van der Waals surface area contributed by atoms with Crippen molar-refractivity contribution in [1.29, 1.82) is 0 Å². The lowest BCUT2D eigenvalue weighted by Crippen LogP contribution is -2.12. The lowest BCUT2D eigenvalue weighted by molar-refractivity contribution is 0.102. The van der Waals surface area contributed by atoms with Crippen molar-refractivity contribution in [3.8, 4) is 17.2 Å². The van der Waals surface area contributed by atoms with Crippen molar-refractivity contribution < 1.29 is 19.0 Å². The van der Waals surface area contributed by atoms with Gasteiger partial charge >= 0.3 is 0 Å². The van der Waals surface area contributed by atoms with E-state index in [1.54, 1.807) is 50.6 Å². The molecule has 0 atom stereocenters. The second-order valence-corrected chi connectivity index (χ2v) is 5.86. The Balaban J connectivity index is 1.70. The molecule has 0 aliphatic heterocycles. The number of amides is 1. The molecular weight excluding hydrogens is 342 g/mol. The number of rotatable bonds is 7. The van der Waals surface area contributed by atoms with E-state index in [0.29, 0.717) is 35.1 Å². The Hall–Kier alpha value is -3.47. The third-order valence-electron chi connectivity index (χ3n) is 3.95. The Morgan fingerprint density at radius 3 is 2.19 bits per heavy atom. The molecule has 1 amide bonds. The first-order chi connectivity index (χ1) is 13.2. The highest BCUT2D eigenvalue weighted by Gasteiger charge is 2.10. The fourth-order valence-corrected chi connectivity index (χ4v) is 2.55. The zero-order chi connectivity index (χ0) is 19.1. The Labute approximate surface area is 158 Å². The van der Waals surface area contributed by atoms with E-state index in [4.69, 9.17) is 14.2 Å². The van der Waals surface area contributed by atoms with E-state index in [-0.39, 0.29) is 5.91 Å². The second kappa shape index (κ2) is 8.76. The number of ether oxygens (including phenoxy) is 3. The second-order valence-electron chi connectivity index (χ2n) is 5.86. The van der Waals surface area contributed by atoms with Gasteiger partial charge in [-0.15, -0.1) is 0 Å². The molecule has 0 aliphatic carbocycles. The Kier molecular flexibility index (Phi) is 5.94. The molecule has 0 spiro atoms. The fraction of sp³-hybridized carbons (Fsp3) is 0.136. The maximum atomic E-state index is 12.6. The van der Waals surface area contributed by atoms with E-state index < -0.39 is 0 Å². The first-order valence-electron chi connectivity index (χ1n) is 8.49. The smallest absolute Gasteiger partial charge is 0.255 e. The molecule has 27 heavy (non-hydrogen) atoms. The average molecular weight is 363 g/mol. The van der Waals surface area contributed by atoms with Crippen molar-refractivity contribution in [3.63, 3.8) is 0 Å². The van der Waals surface area contributed by atoms with Gasteiger partial charge in [0.05, 0.1) is 14.2 Å². The molecule has 0 saturated heterocycles. The van der Waals surface area contributed by atoms with Crippen LogP contribution < -0.4 is 19.5 Å². The fourth-order valence-electron chi connectivity index (χ4n) is 2.55. The van der Waals surface area contributed by atoms with E-state index in [1.165, 1.54) is 0 Å². The summed E-state index contributed by atoms with van der Waals surface area (Å²) in [6.45, 7) is 0.443. The van der Waals surface area contributed by atoms with Crippen molar-refractivity contribution in [1.82, 2.24) is 0 Å². The quantitative estimate of drug-likeness (QED) is 0.670. The molecule has 0 saturated carbocycles. The van der Waals surface area contributed by atoms with E-state index in [1.807, 2.05) is 36.4 Å². The van der Waals surface area contributed by atoms with Gasteiger partial charge in [0.15, 0.2) is 0 Å². The average Bonchev–Trinajstić information content (AvgIpc) is 2.72. The normalized spacial score (nSPS) is 10.1. The zero-order valence-electron chi connectivity index (χ0n) is 15.3. The van der Waals surface area contributed by atoms with Crippen LogP contribution in [0, 0.1) is 0 Å². The summed E-state index contributed by atoms with van der Waals surface area (Å²) in [6, 6.07) is 22.2. The highest BCUT2D eigenvalue weighted by atomic mass is 16.5. The number of hydrogen-bond acceptors (Lipinski definition) is 4. The molecule has 5 nitrogen and oxygen atoms in total. The Morgan fingerprint density at radius 1 is 0.815 bits per heavy atom. The van der Waals surface area contributed by atoms with Crippen molar-refractivity contribution >= 4 is 11.6 Å². The predicted octanol–water partition coefficient (Wildman–Crippen LogP) is 4.54. The third kappa shape index (κ3) is 5.01. The van der Waals surface area contributed by atoms with Crippen LogP contribution in [0.4, 0.5) is 5.69 Å². The van der Waals surface area contributed by atoms with Crippen molar-refractivity contribution in [3.05, 3.63) is 83.9 Å². The summed E-state index contributed by atoms with van der Waals surface area (Å²) in [7, 11) is 3.13. The molecule has 5 heteroatoms. The number of benzene rings is 3. The van der Waals surface area contributed by atoms with Crippen LogP contribution in [0.3, 0.4) is 0 Å². The SMILES string of the molecule is COc1cc(NC(=O)c2cccc(OCc3ccccc3)c2)cc(OC)c1. The molecule has 3 aromatic carbocycles. The van der Waals surface area contributed by atoms with Crippen LogP contribution in [0.5, 0.6) is 17.2 Å². The van der Waals surface area contributed by atoms with Crippen molar-refractivity contribution in [2.45, 2.75) is 6.61 Å². The van der Waals surface area contributed by atoms with Crippen LogP contribution >= 0.6 is 0 Å². The van der Waals surface area contributed by atoms with Gasteiger partial charge in [-0.25, -0.2) is 0 Å². The maximum absolute atomic E-state index is 12.6. The molecule has 0 heterocycles. The topological polar surface area (TPSA) is 56.8 Å². The first kappa shape index (κ1) is 18.3. The minimum Gasteiger partial charge on any atom is -0.497 e. The standard InChI is InChI=1S/C22H21NO4/c1-25-20-12-18(13-21(14-20)26-2)23-22(24)17-9-6-10-19(11-17)27-15-16-7-4-3-5-8-16/h3-14H,15H2,1-2H3,(H,23,24). The summed E-state index contributed by atoms with van der Waals surface area (Å²) in [5, 5.41) is 2.85. The monoisotopic (exact) mass is 363 g/mol. The minimum absolute atomic E-state index is 0.240. The first-order valence-corrected chi connectivity index (χ1v) is 8.49. The van der Waals surface area contributed by atoms with Crippen molar-refractivity contribution in [2.24, 2.45) is 0 Å². The molecule has 0 radical (unpaired) electrons. The van der Waals surface area contributed by atoms with Gasteiger partial charge in [0.25, 0.3) is 5.91 Å². The predicted molar refractivity (Wildman–Crippen MR) is 105 cm³/mol. The van der Waals surface area contributed by atoms with Crippen molar-refractivity contribution in [2.75, 3.05) is 19.5 Å². The summed E-state index contributed by atoms with van der Waals surface area (Å²) in [5.74, 6) is 1.60. The highest BCUT2D eigenvalue weighted by molar-refractivity contribution is 6.04. The summed E-state index contributed by atoms with van der Waals surface area (Å²) < 4.78 is 16.2. The van der Waals surface area contributed by atoms with Gasteiger partial charge in [0.1, 0.15) is 23.9 Å². The van der Waals surface area contributed by atoms with Gasteiger partial charge in [0.2, 0.25) is 0 Å². The molecular formula is C22H21NO4. The van der Waals surface area contributed by atoms with Gasteiger partial charge in [-0.2, -0.15) is 0 Å². The molecule has 0 unspecified atom stereocenters. The number of methoxy groups -OCH3 is 2. The Morgan fingerprint density at radius 2 is 1.52 bits per heavy atom. The summed E-state index contributed by atoms with van der Waals surface area (Å²) in [6.07, 6.45) is 0. The van der Waals surface area contributed by atoms with Crippen LogP contribution in [0.25, 0.3) is 0 Å². The number of anilines is 1. The van der Waals surface area contributed by atoms with Gasteiger partial charge in [-0.05, 0) is 23.8 Å². The van der Waals surface area contributed by atoms with E-state index in [0.717, 1.165) is 5.56 Å². The molecule has 0 bridgehead atoms. The highest BCUT2D eigenvalue weighted by Crippen LogP contribution is 2.26. The van der Waals surface area contributed by atoms with E-state index >= 15 is 0 Å². The summed E-state index contributed by atoms with van der Waals surface area (Å²) in [5.41, 5.74) is 2.16. The lowest BCUT2D eigenvalue weighted by atomic mass is 10.2. The third-order valence-corrected chi connectivity index (χ3v) is 3.95. The number of carbonyl (C=O) groups is 1. The number of nitrogens with one attached hydrogen (secondary N) is 1. The Bertz CT molecular complexity index is 887. The maximum Gasteiger partial charge on any atom is 0.255 e. The summed E-state index contributed by atoms with van der Waals surface area (Å²) in [4.78, 5) is 12.6. The minimum atomic E-state index is -0.240. The molecule has 3 aromatic rings. The zero-order valence-corrected chi connectivity index (χ0v) is 15.3. The molecule has 0 aromatic heterocycles. The number of hydrogen-bond donors (Lipinski definition) is 1. The van der Waals surface area contributed by atoms with Crippen LogP contribution in [0.15, 0.2) is 72.8 Å². The van der Waals surface area contributed by atoms with Gasteiger partial charge in [-0.3, -0.25) is 4.79 Å². The van der Waals surface area contributed by atoms with E-state index in [9.17, 15) is 4.79 Å². The lowest BCUT2D eigenvalue weighted by Gasteiger charge is -2.11. The molecule has 1 N–H and O–H groups in total. The molecule has 138 valence electrons. The van der Waals surface area contributed by atoms with E-state index in [2.05, 4.69) is 5.32 Å². The van der Waals surface area contributed by atoms with Crippen LogP contribution in [-0.4, -0.2) is 20.1 Å². The summed E-state index contributed by atoms with van der Waals surface area (Å²) >= 11 is 0. The molecule has 0 fully saturated rings. The van der Waals surface area contributed by atoms with Gasteiger partial charge < -0.3 is 19.5 Å². The molecule has 3 rings (SSSR count). The largest absolute Gasteiger partial charge is 0.497 e. The number of carbonyl (C=O) groups excluding carboxylic acids is 1. The van der Waals surface area contributed by atoms with Gasteiger partial charge in [-0.1, -0.05) is 36.4 Å².